The Morgan fingerprint density at radius 3 is 2.19 bits per heavy atom. The fraction of sp³-hybridized carbons (Fsp3) is 0.0500. The fourth-order valence-electron chi connectivity index (χ4n) is 2.33. The van der Waals surface area contributed by atoms with Gasteiger partial charge >= 0.3 is 34.1 Å². The number of hydrogen-bond donors (Lipinski definition) is 1. The van der Waals surface area contributed by atoms with E-state index in [1.165, 1.54) is 0 Å². The molecule has 3 aromatic carbocycles. The molecule has 3 rings (SSSR count). The Kier molecular flexibility index (Phi) is 8.59. The summed E-state index contributed by atoms with van der Waals surface area (Å²) in [5.41, 5.74) is 3.26. The summed E-state index contributed by atoms with van der Waals surface area (Å²) in [6.07, 6.45) is 1.67. The molecule has 3 nitrogen and oxygen atoms in total. The van der Waals surface area contributed by atoms with Crippen molar-refractivity contribution in [3.05, 3.63) is 78.4 Å². The van der Waals surface area contributed by atoms with Gasteiger partial charge in [0, 0.05) is 17.3 Å². The van der Waals surface area contributed by atoms with Gasteiger partial charge in [-0.25, -0.2) is 0 Å². The van der Waals surface area contributed by atoms with Crippen LogP contribution in [0, 0.1) is 0 Å². The summed E-state index contributed by atoms with van der Waals surface area (Å²) in [6, 6.07) is 22.9. The standard InChI is InChI=1S/C20H17NO2.2ClH.V/c1-23-18-12-10-17(11-13-18)21-14-16-8-5-9-19(20(16)22)15-6-3-2-4-7-15;;;/h2-14,22H,1H3;2*1H;/q;;;+2/p-2. The third-order valence-corrected chi connectivity index (χ3v) is 3.58. The normalized spacial score (nSPS) is 10.1. The zero-order valence-electron chi connectivity index (χ0n) is 14.0. The van der Waals surface area contributed by atoms with Crippen LogP contribution in [-0.2, 0) is 14.4 Å². The molecule has 0 atom stereocenters. The zero-order chi connectivity index (χ0) is 18.8. The molecule has 26 heavy (non-hydrogen) atoms. The van der Waals surface area contributed by atoms with Crippen molar-refractivity contribution in [3.8, 4) is 22.6 Å². The molecule has 0 aliphatic rings. The van der Waals surface area contributed by atoms with Crippen molar-refractivity contribution in [1.82, 2.24) is 0 Å². The summed E-state index contributed by atoms with van der Waals surface area (Å²) in [4.78, 5) is 4.41. The van der Waals surface area contributed by atoms with E-state index in [0.29, 0.717) is 5.56 Å². The summed E-state index contributed by atoms with van der Waals surface area (Å²) in [6.45, 7) is 0. The summed E-state index contributed by atoms with van der Waals surface area (Å²) in [5, 5.41) is 10.5. The Morgan fingerprint density at radius 2 is 1.58 bits per heavy atom. The summed E-state index contributed by atoms with van der Waals surface area (Å²) < 4.78 is 5.12. The fourth-order valence-corrected chi connectivity index (χ4v) is 2.33. The van der Waals surface area contributed by atoms with Crippen LogP contribution in [0.15, 0.2) is 77.8 Å². The van der Waals surface area contributed by atoms with Gasteiger partial charge in [0.05, 0.1) is 12.8 Å². The number of benzene rings is 3. The second kappa shape index (κ2) is 10.9. The molecule has 0 saturated heterocycles. The second-order valence-electron chi connectivity index (χ2n) is 5.13. The zero-order valence-corrected chi connectivity index (χ0v) is 16.9. The van der Waals surface area contributed by atoms with Gasteiger partial charge in [-0.3, -0.25) is 4.99 Å². The summed E-state index contributed by atoms with van der Waals surface area (Å²) >= 11 is -0.368. The molecule has 0 fully saturated rings. The van der Waals surface area contributed by atoms with Crippen molar-refractivity contribution in [2.24, 2.45) is 4.99 Å². The SMILES string of the molecule is COc1ccc(N=Cc2cccc(-c3ccccc3)c2O)cc1.[Cl][V][Cl]. The maximum atomic E-state index is 10.5. The molecule has 6 heteroatoms. The van der Waals surface area contributed by atoms with Crippen LogP contribution in [0.2, 0.25) is 0 Å². The number of methoxy groups -OCH3 is 1. The van der Waals surface area contributed by atoms with Gasteiger partial charge < -0.3 is 9.84 Å². The van der Waals surface area contributed by atoms with E-state index in [-0.39, 0.29) is 20.1 Å². The van der Waals surface area contributed by atoms with E-state index in [2.05, 4.69) is 4.99 Å². The van der Waals surface area contributed by atoms with Crippen molar-refractivity contribution in [2.45, 2.75) is 0 Å². The molecule has 0 bridgehead atoms. The first-order valence-electron chi connectivity index (χ1n) is 7.67. The number of aliphatic imine (C=N–C) groups is 1. The number of phenols is 1. The molecular formula is C20H17Cl2NO2V. The Balaban J connectivity index is 0.000000758. The van der Waals surface area contributed by atoms with Crippen LogP contribution < -0.4 is 4.74 Å². The van der Waals surface area contributed by atoms with E-state index >= 15 is 0 Å². The van der Waals surface area contributed by atoms with Crippen molar-refractivity contribution >= 4 is 31.6 Å². The topological polar surface area (TPSA) is 41.8 Å². The van der Waals surface area contributed by atoms with Gasteiger partial charge in [-0.05, 0) is 35.9 Å². The molecule has 0 radical (unpaired) electrons. The molecule has 0 aliphatic heterocycles. The van der Waals surface area contributed by atoms with Gasteiger partial charge in [0.25, 0.3) is 0 Å². The molecule has 0 saturated carbocycles. The first-order valence-corrected chi connectivity index (χ1v) is 11.5. The Bertz CT molecular complexity index is 840. The number of hydrogen-bond acceptors (Lipinski definition) is 3. The van der Waals surface area contributed by atoms with E-state index in [0.717, 1.165) is 22.6 Å². The number of phenolic OH excluding ortho intramolecular Hbond substituents is 1. The van der Waals surface area contributed by atoms with E-state index in [9.17, 15) is 5.11 Å². The number of ether oxygens (including phenoxy) is 1. The number of nitrogens with zero attached hydrogens (tertiary/aromatic N) is 1. The predicted molar refractivity (Wildman–Crippen MR) is 105 cm³/mol. The molecular weight excluding hydrogens is 408 g/mol. The van der Waals surface area contributed by atoms with Gasteiger partial charge in [-0.1, -0.05) is 42.5 Å². The molecule has 0 heterocycles. The van der Waals surface area contributed by atoms with Gasteiger partial charge in [0.2, 0.25) is 0 Å². The van der Waals surface area contributed by atoms with Crippen LogP contribution >= 0.6 is 19.7 Å². The minimum absolute atomic E-state index is 0.232. The van der Waals surface area contributed by atoms with Crippen molar-refractivity contribution in [3.63, 3.8) is 0 Å². The number of halogens is 2. The minimum atomic E-state index is -0.368. The molecule has 1 N–H and O–H groups in total. The van der Waals surface area contributed by atoms with Gasteiger partial charge in [-0.2, -0.15) is 0 Å². The quantitative estimate of drug-likeness (QED) is 0.506. The van der Waals surface area contributed by atoms with Gasteiger partial charge in [0.15, 0.2) is 0 Å². The molecule has 0 spiro atoms. The molecule has 0 unspecified atom stereocenters. The van der Waals surface area contributed by atoms with Gasteiger partial charge in [0.1, 0.15) is 11.5 Å². The molecule has 0 amide bonds. The monoisotopic (exact) mass is 424 g/mol. The Labute approximate surface area is 168 Å². The number of para-hydroxylation sites is 1. The summed E-state index contributed by atoms with van der Waals surface area (Å²) in [7, 11) is 11.3. The van der Waals surface area contributed by atoms with Crippen molar-refractivity contribution in [2.75, 3.05) is 7.11 Å². The van der Waals surface area contributed by atoms with E-state index in [4.69, 9.17) is 24.4 Å². The Morgan fingerprint density at radius 1 is 0.923 bits per heavy atom. The van der Waals surface area contributed by atoms with E-state index in [1.54, 1.807) is 13.3 Å². The van der Waals surface area contributed by atoms with Crippen LogP contribution in [-0.4, -0.2) is 18.4 Å². The van der Waals surface area contributed by atoms with E-state index in [1.807, 2.05) is 72.8 Å². The Hall–Kier alpha value is -1.91. The third kappa shape index (κ3) is 5.82. The molecule has 0 aromatic heterocycles. The van der Waals surface area contributed by atoms with Gasteiger partial charge in [-0.15, -0.1) is 0 Å². The summed E-state index contributed by atoms with van der Waals surface area (Å²) in [5.74, 6) is 1.02. The average molecular weight is 425 g/mol. The average Bonchev–Trinajstić information content (AvgIpc) is 2.69. The van der Waals surface area contributed by atoms with Crippen molar-refractivity contribution < 1.29 is 24.2 Å². The maximum absolute atomic E-state index is 10.5. The molecule has 133 valence electrons. The predicted octanol–water partition coefficient (Wildman–Crippen LogP) is 6.19. The van der Waals surface area contributed by atoms with Crippen LogP contribution in [0.1, 0.15) is 5.56 Å². The molecule has 0 aliphatic carbocycles. The first-order chi connectivity index (χ1) is 12.7. The second-order valence-corrected chi connectivity index (χ2v) is 7.44. The van der Waals surface area contributed by atoms with Crippen LogP contribution in [0.25, 0.3) is 11.1 Å². The first kappa shape index (κ1) is 20.4. The number of rotatable bonds is 4. The number of aromatic hydroxyl groups is 1. The van der Waals surface area contributed by atoms with E-state index < -0.39 is 0 Å². The third-order valence-electron chi connectivity index (χ3n) is 3.58. The molecule has 3 aromatic rings. The van der Waals surface area contributed by atoms with Crippen LogP contribution in [0.4, 0.5) is 5.69 Å². The van der Waals surface area contributed by atoms with Crippen LogP contribution in [0.5, 0.6) is 11.5 Å². The van der Waals surface area contributed by atoms with Crippen LogP contribution in [0.3, 0.4) is 0 Å². The van der Waals surface area contributed by atoms with Crippen molar-refractivity contribution in [1.29, 1.82) is 0 Å².